The number of aliphatic hydroxyl groups is 2. The van der Waals surface area contributed by atoms with Gasteiger partial charge in [-0.05, 0) is 0 Å². The third-order valence-corrected chi connectivity index (χ3v) is 1.74. The lowest BCUT2D eigenvalue weighted by atomic mass is 10.1. The van der Waals surface area contributed by atoms with Gasteiger partial charge in [-0.25, -0.2) is 0 Å². The van der Waals surface area contributed by atoms with Gasteiger partial charge in [-0.15, -0.1) is 0 Å². The fourth-order valence-corrected chi connectivity index (χ4v) is 1.00. The Morgan fingerprint density at radius 2 is 2.20 bits per heavy atom. The van der Waals surface area contributed by atoms with Gasteiger partial charge in [-0.1, -0.05) is 0 Å². The van der Waals surface area contributed by atoms with Gasteiger partial charge in [0.15, 0.2) is 0 Å². The molecule has 1 rings (SSSR count). The lowest BCUT2D eigenvalue weighted by Crippen LogP contribution is -2.23. The highest BCUT2D eigenvalue weighted by atomic mass is 16.4. The van der Waals surface area contributed by atoms with E-state index in [1.807, 2.05) is 0 Å². The molecule has 2 atom stereocenters. The lowest BCUT2D eigenvalue weighted by Gasteiger charge is -2.14. The standard InChI is InChI=1S/C8H10N2O5/c11-5(1-7(13)14)8(15)4-2-10-6(12)3-9-4/h2-3,5,8,11,15H,1H2,(H,10,12)(H,13,14). The molecule has 0 aliphatic heterocycles. The fourth-order valence-electron chi connectivity index (χ4n) is 1.00. The van der Waals surface area contributed by atoms with Crippen LogP contribution in [0.15, 0.2) is 17.2 Å². The average Bonchev–Trinajstić information content (AvgIpc) is 2.17. The molecule has 15 heavy (non-hydrogen) atoms. The molecule has 0 saturated carbocycles. The van der Waals surface area contributed by atoms with Gasteiger partial charge in [0.1, 0.15) is 6.10 Å². The first-order chi connectivity index (χ1) is 7.00. The van der Waals surface area contributed by atoms with E-state index in [4.69, 9.17) is 5.11 Å². The quantitative estimate of drug-likeness (QED) is 0.490. The average molecular weight is 214 g/mol. The van der Waals surface area contributed by atoms with Crippen molar-refractivity contribution in [2.24, 2.45) is 0 Å². The number of nitrogens with zero attached hydrogens (tertiary/aromatic N) is 1. The number of rotatable bonds is 4. The molecular formula is C8H10N2O5. The van der Waals surface area contributed by atoms with Crippen molar-refractivity contribution in [1.29, 1.82) is 0 Å². The van der Waals surface area contributed by atoms with Crippen LogP contribution in [0.5, 0.6) is 0 Å². The second kappa shape index (κ2) is 4.67. The maximum absolute atomic E-state index is 10.6. The second-order valence-electron chi connectivity index (χ2n) is 2.95. The summed E-state index contributed by atoms with van der Waals surface area (Å²) in [7, 11) is 0. The largest absolute Gasteiger partial charge is 0.481 e. The van der Waals surface area contributed by atoms with E-state index in [1.54, 1.807) is 0 Å². The highest BCUT2D eigenvalue weighted by Crippen LogP contribution is 2.14. The summed E-state index contributed by atoms with van der Waals surface area (Å²) in [5, 5.41) is 27.1. The van der Waals surface area contributed by atoms with Crippen molar-refractivity contribution in [2.75, 3.05) is 0 Å². The Morgan fingerprint density at radius 3 is 2.67 bits per heavy atom. The summed E-state index contributed by atoms with van der Waals surface area (Å²) < 4.78 is 0. The van der Waals surface area contributed by atoms with Gasteiger partial charge < -0.3 is 20.3 Å². The number of aliphatic carboxylic acids is 1. The molecule has 7 nitrogen and oxygen atoms in total. The normalized spacial score (nSPS) is 14.5. The van der Waals surface area contributed by atoms with E-state index in [2.05, 4.69) is 9.97 Å². The Hall–Kier alpha value is -1.73. The summed E-state index contributed by atoms with van der Waals surface area (Å²) in [5.74, 6) is -1.23. The number of aliphatic hydroxyl groups excluding tert-OH is 2. The minimum absolute atomic E-state index is 0.0170. The summed E-state index contributed by atoms with van der Waals surface area (Å²) in [6, 6.07) is 0. The number of hydrogen-bond acceptors (Lipinski definition) is 5. The molecule has 1 aromatic heterocycles. The highest BCUT2D eigenvalue weighted by Gasteiger charge is 2.22. The summed E-state index contributed by atoms with van der Waals surface area (Å²) in [4.78, 5) is 26.7. The van der Waals surface area contributed by atoms with Gasteiger partial charge in [0.05, 0.1) is 24.4 Å². The molecule has 1 heterocycles. The van der Waals surface area contributed by atoms with Crippen LogP contribution >= 0.6 is 0 Å². The molecule has 1 aromatic rings. The van der Waals surface area contributed by atoms with Crippen LogP contribution in [0.25, 0.3) is 0 Å². The van der Waals surface area contributed by atoms with Crippen molar-refractivity contribution in [3.8, 4) is 0 Å². The Labute approximate surface area is 84.0 Å². The van der Waals surface area contributed by atoms with Crippen molar-refractivity contribution >= 4 is 5.97 Å². The molecule has 0 aliphatic carbocycles. The van der Waals surface area contributed by atoms with Crippen LogP contribution in [-0.2, 0) is 4.79 Å². The molecule has 0 spiro atoms. The van der Waals surface area contributed by atoms with Crippen molar-refractivity contribution in [3.05, 3.63) is 28.4 Å². The van der Waals surface area contributed by atoms with Crippen LogP contribution in [0.3, 0.4) is 0 Å². The third-order valence-electron chi connectivity index (χ3n) is 1.74. The number of H-pyrrole nitrogens is 1. The van der Waals surface area contributed by atoms with Crippen molar-refractivity contribution in [1.82, 2.24) is 9.97 Å². The Morgan fingerprint density at radius 1 is 1.53 bits per heavy atom. The van der Waals surface area contributed by atoms with Crippen molar-refractivity contribution in [3.63, 3.8) is 0 Å². The molecular weight excluding hydrogens is 204 g/mol. The van der Waals surface area contributed by atoms with E-state index in [9.17, 15) is 19.8 Å². The van der Waals surface area contributed by atoms with Crippen LogP contribution in [0, 0.1) is 0 Å². The zero-order chi connectivity index (χ0) is 11.4. The van der Waals surface area contributed by atoms with Crippen LogP contribution < -0.4 is 5.56 Å². The molecule has 0 aliphatic rings. The zero-order valence-electron chi connectivity index (χ0n) is 7.62. The first-order valence-corrected chi connectivity index (χ1v) is 4.13. The Kier molecular flexibility index (Phi) is 3.53. The van der Waals surface area contributed by atoms with Gasteiger partial charge in [-0.2, -0.15) is 0 Å². The van der Waals surface area contributed by atoms with Gasteiger partial charge >= 0.3 is 5.97 Å². The number of hydrogen-bond donors (Lipinski definition) is 4. The van der Waals surface area contributed by atoms with E-state index in [0.717, 1.165) is 12.4 Å². The minimum atomic E-state index is -1.46. The predicted molar refractivity (Wildman–Crippen MR) is 48.1 cm³/mol. The van der Waals surface area contributed by atoms with E-state index in [1.165, 1.54) is 0 Å². The maximum atomic E-state index is 10.6. The smallest absolute Gasteiger partial charge is 0.306 e. The summed E-state index contributed by atoms with van der Waals surface area (Å²) in [5.41, 5.74) is -0.429. The third kappa shape index (κ3) is 3.15. The van der Waals surface area contributed by atoms with E-state index in [0.29, 0.717) is 0 Å². The van der Waals surface area contributed by atoms with Gasteiger partial charge in [-0.3, -0.25) is 14.6 Å². The summed E-state index contributed by atoms with van der Waals surface area (Å²) in [6.07, 6.45) is -1.43. The number of aromatic nitrogens is 2. The molecule has 0 fully saturated rings. The van der Waals surface area contributed by atoms with Gasteiger partial charge in [0, 0.05) is 6.20 Å². The molecule has 0 radical (unpaired) electrons. The van der Waals surface area contributed by atoms with Gasteiger partial charge in [0.2, 0.25) is 0 Å². The van der Waals surface area contributed by atoms with Crippen LogP contribution in [0.4, 0.5) is 0 Å². The second-order valence-corrected chi connectivity index (χ2v) is 2.95. The summed E-state index contributed by atoms with van der Waals surface area (Å²) >= 11 is 0. The number of carboxylic acid groups (broad SMARTS) is 1. The van der Waals surface area contributed by atoms with Crippen LogP contribution in [-0.4, -0.2) is 37.4 Å². The minimum Gasteiger partial charge on any atom is -0.481 e. The van der Waals surface area contributed by atoms with Crippen LogP contribution in [0.2, 0.25) is 0 Å². The molecule has 7 heteroatoms. The van der Waals surface area contributed by atoms with E-state index in [-0.39, 0.29) is 5.69 Å². The molecule has 2 unspecified atom stereocenters. The van der Waals surface area contributed by atoms with Crippen molar-refractivity contribution < 1.29 is 20.1 Å². The Balaban J connectivity index is 2.75. The van der Waals surface area contributed by atoms with E-state index >= 15 is 0 Å². The topological polar surface area (TPSA) is 124 Å². The van der Waals surface area contributed by atoms with E-state index < -0.39 is 30.2 Å². The number of nitrogens with one attached hydrogen (secondary N) is 1. The zero-order valence-corrected chi connectivity index (χ0v) is 7.62. The lowest BCUT2D eigenvalue weighted by molar-refractivity contribution is -0.141. The molecule has 0 bridgehead atoms. The number of aromatic amines is 1. The van der Waals surface area contributed by atoms with Gasteiger partial charge in [0.25, 0.3) is 5.56 Å². The highest BCUT2D eigenvalue weighted by molar-refractivity contribution is 5.67. The predicted octanol–water partition coefficient (Wildman–Crippen LogP) is -1.36. The fraction of sp³-hybridized carbons (Fsp3) is 0.375. The number of carboxylic acids is 1. The SMILES string of the molecule is O=C(O)CC(O)C(O)c1c[nH]c(=O)cn1. The molecule has 0 amide bonds. The summed E-state index contributed by atoms with van der Waals surface area (Å²) in [6.45, 7) is 0. The van der Waals surface area contributed by atoms with Crippen LogP contribution in [0.1, 0.15) is 18.2 Å². The maximum Gasteiger partial charge on any atom is 0.306 e. The molecule has 0 saturated heterocycles. The number of carbonyl (C=O) groups is 1. The molecule has 4 N–H and O–H groups in total. The first-order valence-electron chi connectivity index (χ1n) is 4.13. The first kappa shape index (κ1) is 11.3. The Bertz CT molecular complexity index is 382. The molecule has 82 valence electrons. The van der Waals surface area contributed by atoms with Crippen molar-refractivity contribution in [2.45, 2.75) is 18.6 Å². The monoisotopic (exact) mass is 214 g/mol. The molecule has 0 aromatic carbocycles.